The van der Waals surface area contributed by atoms with Gasteiger partial charge in [0.2, 0.25) is 0 Å². The number of hydrogen-bond acceptors (Lipinski definition) is 5. The molecule has 8 nitrogen and oxygen atoms in total. The van der Waals surface area contributed by atoms with Gasteiger partial charge in [-0.1, -0.05) is 0 Å². The molecule has 0 aromatic carbocycles. The van der Waals surface area contributed by atoms with Crippen LogP contribution in [0, 0.1) is 0 Å². The summed E-state index contributed by atoms with van der Waals surface area (Å²) in [6, 6.07) is -0.597. The minimum atomic E-state index is -1.92. The van der Waals surface area contributed by atoms with Crippen molar-refractivity contribution in [2.75, 3.05) is 0 Å². The van der Waals surface area contributed by atoms with E-state index in [1.54, 1.807) is 0 Å². The molecule has 1 heterocycles. The Kier molecular flexibility index (Phi) is 6.17. The van der Waals surface area contributed by atoms with Gasteiger partial charge in [0.25, 0.3) is 5.56 Å². The van der Waals surface area contributed by atoms with Gasteiger partial charge in [0.15, 0.2) is 5.56 Å². The van der Waals surface area contributed by atoms with Crippen molar-refractivity contribution in [2.24, 2.45) is 0 Å². The Bertz CT molecular complexity index is 600. The number of carboxylic acid groups (broad SMARTS) is 2. The molecule has 9 heteroatoms. The van der Waals surface area contributed by atoms with Crippen molar-refractivity contribution in [3.05, 3.63) is 32.1 Å². The molecule has 92 valence electrons. The number of H-pyrrole nitrogens is 1. The molecule has 1 aromatic rings. The maximum atomic E-state index is 11.7. The zero-order valence-corrected chi connectivity index (χ0v) is 13.1. The van der Waals surface area contributed by atoms with E-state index < -0.39 is 40.5 Å². The average molecular weight is 280 g/mol. The number of nitrogens with zero attached hydrogens (tertiary/aromatic N) is 1. The number of aromatic amines is 1. The topological polar surface area (TPSA) is 132 Å². The molecular weight excluding hydrogens is 271 g/mol. The van der Waals surface area contributed by atoms with Crippen molar-refractivity contribution >= 4 is 11.9 Å². The Balaban J connectivity index is 0.00000289. The second-order valence-corrected chi connectivity index (χ2v) is 3.54. The number of carbonyl (C=O) groups excluding carboxylic acids is 1. The average Bonchev–Trinajstić information content (AvgIpc) is 2.14. The van der Waals surface area contributed by atoms with Crippen LogP contribution in [0.5, 0.6) is 0 Å². The van der Waals surface area contributed by atoms with Gasteiger partial charge in [-0.3, -0.25) is 9.36 Å². The fraction of sp³-hybridized carbons (Fsp3) is 0.333. The molecule has 2 N–H and O–H groups in total. The first-order chi connectivity index (χ1) is 7.77. The standard InChI is InChI=1S/C9H10N2O6.K/c1-3(2)11-6(12)4(7(13)14)5(8(15)16)10-9(11)17;/h3H,1-2H3,(H,10,17)(H,13,14)(H,15,16);/q;+1/p-1. The Labute approximate surface area is 143 Å². The van der Waals surface area contributed by atoms with E-state index in [1.807, 2.05) is 4.98 Å². The van der Waals surface area contributed by atoms with Gasteiger partial charge < -0.3 is 20.0 Å². The quantitative estimate of drug-likeness (QED) is 0.534. The summed E-state index contributed by atoms with van der Waals surface area (Å²) >= 11 is 0. The predicted molar refractivity (Wildman–Crippen MR) is 53.0 cm³/mol. The number of carbonyl (C=O) groups is 2. The fourth-order valence-corrected chi connectivity index (χ4v) is 1.37. The Morgan fingerprint density at radius 2 is 1.83 bits per heavy atom. The third kappa shape index (κ3) is 3.17. The maximum absolute atomic E-state index is 11.7. The summed E-state index contributed by atoms with van der Waals surface area (Å²) in [6.45, 7) is 2.97. The molecule has 0 aliphatic heterocycles. The van der Waals surface area contributed by atoms with Gasteiger partial charge in [-0.25, -0.2) is 9.59 Å². The van der Waals surface area contributed by atoms with Crippen LogP contribution in [-0.4, -0.2) is 26.6 Å². The van der Waals surface area contributed by atoms with Crippen molar-refractivity contribution in [3.8, 4) is 0 Å². The molecule has 0 atom stereocenters. The fourth-order valence-electron chi connectivity index (χ4n) is 1.37. The normalized spacial score (nSPS) is 9.94. The van der Waals surface area contributed by atoms with E-state index in [9.17, 15) is 24.3 Å². The number of rotatable bonds is 3. The maximum Gasteiger partial charge on any atom is 1.00 e. The molecule has 1 rings (SSSR count). The van der Waals surface area contributed by atoms with Crippen LogP contribution in [0.4, 0.5) is 0 Å². The molecular formula is C9H9KN2O6. The van der Waals surface area contributed by atoms with Gasteiger partial charge in [0.1, 0.15) is 0 Å². The van der Waals surface area contributed by atoms with E-state index in [4.69, 9.17) is 5.11 Å². The van der Waals surface area contributed by atoms with Gasteiger partial charge in [0.05, 0.1) is 11.7 Å². The summed E-state index contributed by atoms with van der Waals surface area (Å²) < 4.78 is 0.621. The van der Waals surface area contributed by atoms with Gasteiger partial charge in [-0.2, -0.15) is 0 Å². The molecule has 0 saturated carbocycles. The summed E-state index contributed by atoms with van der Waals surface area (Å²) in [5.41, 5.74) is -4.20. The van der Waals surface area contributed by atoms with E-state index in [0.29, 0.717) is 4.57 Å². The number of carboxylic acids is 2. The Hall–Kier alpha value is -0.744. The van der Waals surface area contributed by atoms with Crippen LogP contribution in [0.2, 0.25) is 0 Å². The number of aromatic nitrogens is 2. The smallest absolute Gasteiger partial charge is 0.543 e. The molecule has 0 spiro atoms. The van der Waals surface area contributed by atoms with Gasteiger partial charge in [-0.05, 0) is 13.8 Å². The second kappa shape index (κ2) is 6.43. The monoisotopic (exact) mass is 280 g/mol. The largest absolute Gasteiger partial charge is 1.00 e. The van der Waals surface area contributed by atoms with Crippen LogP contribution in [0.3, 0.4) is 0 Å². The van der Waals surface area contributed by atoms with Crippen LogP contribution in [-0.2, 0) is 0 Å². The summed E-state index contributed by atoms with van der Waals surface area (Å²) in [5, 5.41) is 19.4. The summed E-state index contributed by atoms with van der Waals surface area (Å²) in [6.07, 6.45) is 0. The molecule has 1 aromatic heterocycles. The van der Waals surface area contributed by atoms with E-state index in [2.05, 4.69) is 0 Å². The Morgan fingerprint density at radius 1 is 1.33 bits per heavy atom. The first-order valence-corrected chi connectivity index (χ1v) is 4.60. The number of nitrogens with one attached hydrogen (secondary N) is 1. The van der Waals surface area contributed by atoms with Crippen molar-refractivity contribution in [2.45, 2.75) is 19.9 Å². The zero-order chi connectivity index (χ0) is 13.3. The summed E-state index contributed by atoms with van der Waals surface area (Å²) in [5.74, 6) is -3.66. The molecule has 0 radical (unpaired) electrons. The van der Waals surface area contributed by atoms with Gasteiger partial charge in [-0.15, -0.1) is 0 Å². The van der Waals surface area contributed by atoms with E-state index in [-0.39, 0.29) is 51.4 Å². The Morgan fingerprint density at radius 3 is 2.17 bits per heavy atom. The van der Waals surface area contributed by atoms with Crippen molar-refractivity contribution in [1.82, 2.24) is 9.55 Å². The first-order valence-electron chi connectivity index (χ1n) is 4.60. The molecule has 0 unspecified atom stereocenters. The molecule has 0 saturated heterocycles. The summed E-state index contributed by atoms with van der Waals surface area (Å²) in [4.78, 5) is 46.3. The second-order valence-electron chi connectivity index (χ2n) is 3.54. The molecule has 0 bridgehead atoms. The minimum Gasteiger partial charge on any atom is -0.543 e. The van der Waals surface area contributed by atoms with E-state index in [1.165, 1.54) is 13.8 Å². The predicted octanol–water partition coefficient (Wildman–Crippen LogP) is -4.82. The first kappa shape index (κ1) is 17.3. The number of aromatic carboxylic acids is 2. The molecule has 0 fully saturated rings. The van der Waals surface area contributed by atoms with Crippen LogP contribution in [0.1, 0.15) is 40.7 Å². The van der Waals surface area contributed by atoms with Crippen LogP contribution >= 0.6 is 0 Å². The zero-order valence-electron chi connectivity index (χ0n) is 10.0. The van der Waals surface area contributed by atoms with Gasteiger partial charge >= 0.3 is 63.0 Å². The van der Waals surface area contributed by atoms with Gasteiger partial charge in [0, 0.05) is 6.04 Å². The van der Waals surface area contributed by atoms with Crippen LogP contribution in [0.25, 0.3) is 0 Å². The van der Waals surface area contributed by atoms with Crippen LogP contribution < -0.4 is 67.7 Å². The third-order valence-electron chi connectivity index (χ3n) is 2.07. The minimum absolute atomic E-state index is 0. The third-order valence-corrected chi connectivity index (χ3v) is 2.07. The summed E-state index contributed by atoms with van der Waals surface area (Å²) in [7, 11) is 0. The van der Waals surface area contributed by atoms with E-state index in [0.717, 1.165) is 0 Å². The van der Waals surface area contributed by atoms with Crippen molar-refractivity contribution in [3.63, 3.8) is 0 Å². The molecule has 18 heavy (non-hydrogen) atoms. The van der Waals surface area contributed by atoms with Crippen molar-refractivity contribution in [1.29, 1.82) is 0 Å². The molecule has 0 aliphatic carbocycles. The van der Waals surface area contributed by atoms with Crippen molar-refractivity contribution < 1.29 is 71.2 Å². The van der Waals surface area contributed by atoms with Crippen LogP contribution in [0.15, 0.2) is 9.59 Å². The SMILES string of the molecule is CC(C)n1c(=O)[nH]c(C(=O)[O-])c(C(=O)O)c1=O.[K+]. The number of hydrogen-bond donors (Lipinski definition) is 2. The van der Waals surface area contributed by atoms with E-state index >= 15 is 0 Å². The molecule has 0 amide bonds. The molecule has 0 aliphatic rings.